The predicted molar refractivity (Wildman–Crippen MR) is 105 cm³/mol. The van der Waals surface area contributed by atoms with Crippen molar-refractivity contribution in [1.82, 2.24) is 19.3 Å². The summed E-state index contributed by atoms with van der Waals surface area (Å²) in [4.78, 5) is 23.2. The Labute approximate surface area is 168 Å². The zero-order valence-corrected chi connectivity index (χ0v) is 16.1. The van der Waals surface area contributed by atoms with Gasteiger partial charge in [0, 0.05) is 43.7 Å². The number of imidazole rings is 1. The van der Waals surface area contributed by atoms with E-state index in [0.29, 0.717) is 48.2 Å². The molecular formula is C21H21N5O3. The summed E-state index contributed by atoms with van der Waals surface area (Å²) < 4.78 is 13.0. The van der Waals surface area contributed by atoms with Crippen LogP contribution in [0.15, 0.2) is 42.9 Å². The van der Waals surface area contributed by atoms with E-state index in [4.69, 9.17) is 14.7 Å². The van der Waals surface area contributed by atoms with E-state index in [9.17, 15) is 4.79 Å². The van der Waals surface area contributed by atoms with Gasteiger partial charge in [0.25, 0.3) is 5.91 Å². The Morgan fingerprint density at radius 3 is 3.07 bits per heavy atom. The van der Waals surface area contributed by atoms with Crippen LogP contribution in [0.5, 0.6) is 11.5 Å². The van der Waals surface area contributed by atoms with Crippen molar-refractivity contribution in [1.29, 1.82) is 5.26 Å². The van der Waals surface area contributed by atoms with Crippen LogP contribution in [0.3, 0.4) is 0 Å². The Morgan fingerprint density at radius 2 is 2.28 bits per heavy atom. The van der Waals surface area contributed by atoms with Crippen LogP contribution in [0, 0.1) is 17.2 Å². The highest BCUT2D eigenvalue weighted by Crippen LogP contribution is 2.29. The van der Waals surface area contributed by atoms with Gasteiger partial charge in [-0.25, -0.2) is 9.97 Å². The molecule has 1 aliphatic rings. The highest BCUT2D eigenvalue weighted by molar-refractivity contribution is 5.92. The minimum absolute atomic E-state index is 0.0869. The lowest BCUT2D eigenvalue weighted by Gasteiger charge is -2.32. The van der Waals surface area contributed by atoms with Gasteiger partial charge < -0.3 is 14.4 Å². The third-order valence-electron chi connectivity index (χ3n) is 5.03. The molecule has 29 heavy (non-hydrogen) atoms. The van der Waals surface area contributed by atoms with Gasteiger partial charge in [-0.2, -0.15) is 5.26 Å². The van der Waals surface area contributed by atoms with Crippen molar-refractivity contribution >= 4 is 11.7 Å². The van der Waals surface area contributed by atoms with Crippen LogP contribution in [0.25, 0.3) is 5.78 Å². The smallest absolute Gasteiger partial charge is 0.274 e. The van der Waals surface area contributed by atoms with Gasteiger partial charge in [0.15, 0.2) is 11.5 Å². The van der Waals surface area contributed by atoms with Gasteiger partial charge >= 0.3 is 0 Å². The third-order valence-corrected chi connectivity index (χ3v) is 5.03. The molecule has 1 unspecified atom stereocenters. The number of hydrogen-bond acceptors (Lipinski definition) is 6. The predicted octanol–water partition coefficient (Wildman–Crippen LogP) is 2.54. The Bertz CT molecular complexity index is 1040. The molecule has 4 rings (SSSR count). The number of carbonyl (C=O) groups is 1. The van der Waals surface area contributed by atoms with Crippen molar-refractivity contribution in [2.24, 2.45) is 5.92 Å². The molecular weight excluding hydrogens is 370 g/mol. The van der Waals surface area contributed by atoms with E-state index in [-0.39, 0.29) is 11.8 Å². The maximum atomic E-state index is 12.9. The number of benzene rings is 1. The van der Waals surface area contributed by atoms with Gasteiger partial charge in [0.1, 0.15) is 5.69 Å². The minimum atomic E-state index is -0.0869. The number of methoxy groups -OCH3 is 1. The molecule has 1 amide bonds. The van der Waals surface area contributed by atoms with E-state index in [0.717, 1.165) is 12.8 Å². The Kier molecular flexibility index (Phi) is 5.29. The monoisotopic (exact) mass is 391 g/mol. The lowest BCUT2D eigenvalue weighted by Crippen LogP contribution is -2.41. The number of likely N-dealkylation sites (tertiary alicyclic amines) is 1. The van der Waals surface area contributed by atoms with Crippen LogP contribution >= 0.6 is 0 Å². The maximum absolute atomic E-state index is 12.9. The topological polar surface area (TPSA) is 92.8 Å². The van der Waals surface area contributed by atoms with Crippen molar-refractivity contribution in [3.05, 3.63) is 54.1 Å². The molecule has 0 radical (unpaired) electrons. The molecule has 0 bridgehead atoms. The number of nitriles is 1. The molecule has 0 N–H and O–H groups in total. The first-order valence-corrected chi connectivity index (χ1v) is 9.48. The normalized spacial score (nSPS) is 16.4. The van der Waals surface area contributed by atoms with Gasteiger partial charge in [-0.3, -0.25) is 9.20 Å². The van der Waals surface area contributed by atoms with E-state index in [1.54, 1.807) is 48.2 Å². The first-order chi connectivity index (χ1) is 14.2. The first kappa shape index (κ1) is 18.7. The second-order valence-corrected chi connectivity index (χ2v) is 7.00. The molecule has 8 heteroatoms. The number of hydrogen-bond donors (Lipinski definition) is 0. The quantitative estimate of drug-likeness (QED) is 0.664. The van der Waals surface area contributed by atoms with E-state index in [1.807, 2.05) is 11.1 Å². The van der Waals surface area contributed by atoms with Crippen molar-refractivity contribution in [2.45, 2.75) is 12.8 Å². The highest BCUT2D eigenvalue weighted by atomic mass is 16.5. The number of amides is 1. The zero-order chi connectivity index (χ0) is 20.2. The average molecular weight is 391 g/mol. The molecule has 0 aliphatic carbocycles. The van der Waals surface area contributed by atoms with Gasteiger partial charge in [0.05, 0.1) is 25.3 Å². The fraction of sp³-hybridized carbons (Fsp3) is 0.333. The van der Waals surface area contributed by atoms with Gasteiger partial charge in [-0.1, -0.05) is 0 Å². The molecule has 1 atom stereocenters. The van der Waals surface area contributed by atoms with Crippen LogP contribution in [0.1, 0.15) is 28.9 Å². The summed E-state index contributed by atoms with van der Waals surface area (Å²) in [7, 11) is 1.55. The highest BCUT2D eigenvalue weighted by Gasteiger charge is 2.26. The Hall–Kier alpha value is -3.60. The SMILES string of the molecule is COc1cc(C#N)ccc1OCC1CCCN(C(=O)c2cn3cccnc3n2)C1. The Morgan fingerprint density at radius 1 is 1.38 bits per heavy atom. The first-order valence-electron chi connectivity index (χ1n) is 9.48. The molecule has 1 saturated heterocycles. The molecule has 3 heterocycles. The second kappa shape index (κ2) is 8.19. The van der Waals surface area contributed by atoms with Crippen LogP contribution in [0.4, 0.5) is 0 Å². The summed E-state index contributed by atoms with van der Waals surface area (Å²) in [6.07, 6.45) is 7.09. The van der Waals surface area contributed by atoms with E-state index in [1.165, 1.54) is 0 Å². The van der Waals surface area contributed by atoms with E-state index in [2.05, 4.69) is 16.0 Å². The number of aromatic nitrogens is 3. The van der Waals surface area contributed by atoms with Crippen LogP contribution in [-0.4, -0.2) is 52.0 Å². The Balaban J connectivity index is 1.41. The number of carbonyl (C=O) groups excluding carboxylic acids is 1. The third kappa shape index (κ3) is 3.99. The molecule has 1 aromatic carbocycles. The molecule has 2 aromatic heterocycles. The fourth-order valence-electron chi connectivity index (χ4n) is 3.54. The lowest BCUT2D eigenvalue weighted by atomic mass is 9.98. The summed E-state index contributed by atoms with van der Waals surface area (Å²) in [5, 5.41) is 9.01. The number of fused-ring (bicyclic) bond motifs is 1. The summed E-state index contributed by atoms with van der Waals surface area (Å²) in [6, 6.07) is 8.99. The summed E-state index contributed by atoms with van der Waals surface area (Å²) in [6.45, 7) is 1.79. The summed E-state index contributed by atoms with van der Waals surface area (Å²) in [5.74, 6) is 1.77. The molecule has 1 aliphatic heterocycles. The number of ether oxygens (including phenoxy) is 2. The van der Waals surface area contributed by atoms with Crippen molar-refractivity contribution in [3.63, 3.8) is 0 Å². The van der Waals surface area contributed by atoms with Crippen LogP contribution < -0.4 is 9.47 Å². The maximum Gasteiger partial charge on any atom is 0.274 e. The van der Waals surface area contributed by atoms with Gasteiger partial charge in [-0.15, -0.1) is 0 Å². The molecule has 8 nitrogen and oxygen atoms in total. The fourth-order valence-corrected chi connectivity index (χ4v) is 3.54. The van der Waals surface area contributed by atoms with Crippen molar-refractivity contribution in [3.8, 4) is 17.6 Å². The number of nitrogens with zero attached hydrogens (tertiary/aromatic N) is 5. The van der Waals surface area contributed by atoms with E-state index < -0.39 is 0 Å². The largest absolute Gasteiger partial charge is 0.493 e. The molecule has 3 aromatic rings. The zero-order valence-electron chi connectivity index (χ0n) is 16.1. The van der Waals surface area contributed by atoms with E-state index >= 15 is 0 Å². The molecule has 1 fully saturated rings. The molecule has 148 valence electrons. The minimum Gasteiger partial charge on any atom is -0.493 e. The standard InChI is InChI=1S/C21H21N5O3/c1-28-19-10-15(11-22)5-6-18(19)29-14-16-4-2-8-25(12-16)20(27)17-13-26-9-3-7-23-21(26)24-17/h3,5-7,9-10,13,16H,2,4,8,12,14H2,1H3. The summed E-state index contributed by atoms with van der Waals surface area (Å²) in [5.41, 5.74) is 0.921. The summed E-state index contributed by atoms with van der Waals surface area (Å²) >= 11 is 0. The van der Waals surface area contributed by atoms with Crippen molar-refractivity contribution in [2.75, 3.05) is 26.8 Å². The number of piperidine rings is 1. The van der Waals surface area contributed by atoms with Crippen LogP contribution in [-0.2, 0) is 0 Å². The average Bonchev–Trinajstić information content (AvgIpc) is 3.21. The lowest BCUT2D eigenvalue weighted by molar-refractivity contribution is 0.0626. The number of rotatable bonds is 5. The van der Waals surface area contributed by atoms with Crippen molar-refractivity contribution < 1.29 is 14.3 Å². The van der Waals surface area contributed by atoms with Gasteiger partial charge in [0.2, 0.25) is 5.78 Å². The molecule has 0 spiro atoms. The van der Waals surface area contributed by atoms with Crippen LogP contribution in [0.2, 0.25) is 0 Å². The molecule has 0 saturated carbocycles. The second-order valence-electron chi connectivity index (χ2n) is 7.00. The van der Waals surface area contributed by atoms with Gasteiger partial charge in [-0.05, 0) is 31.0 Å².